The molecule has 0 amide bonds. The third-order valence-electron chi connectivity index (χ3n) is 0.723. The van der Waals surface area contributed by atoms with Gasteiger partial charge in [-0.25, -0.2) is 0 Å². The highest BCUT2D eigenvalue weighted by molar-refractivity contribution is 6.18. The molecule has 0 saturated heterocycles. The van der Waals surface area contributed by atoms with Crippen molar-refractivity contribution in [2.24, 2.45) is 5.73 Å². The largest absolute Gasteiger partial charge is 0.327 e. The van der Waals surface area contributed by atoms with Crippen LogP contribution >= 0.6 is 11.6 Å². The Morgan fingerprint density at radius 3 is 2.33 bits per heavy atom. The van der Waals surface area contributed by atoms with Gasteiger partial charge in [0.05, 0.1) is 0 Å². The Labute approximate surface area is 43.5 Å². The second kappa shape index (κ2) is 3.44. The van der Waals surface area contributed by atoms with Crippen LogP contribution in [-0.2, 0) is 0 Å². The van der Waals surface area contributed by atoms with Gasteiger partial charge >= 0.3 is 0 Å². The van der Waals surface area contributed by atoms with Crippen molar-refractivity contribution < 1.29 is 0 Å². The highest BCUT2D eigenvalue weighted by Crippen LogP contribution is 1.86. The number of hydrogen-bond acceptors (Lipinski definition) is 1. The van der Waals surface area contributed by atoms with Crippen LogP contribution in [0.25, 0.3) is 0 Å². The molecular weight excluding hydrogens is 97.5 g/mol. The molecule has 2 N–H and O–H groups in total. The second-order valence-corrected chi connectivity index (χ2v) is 1.63. The molecule has 0 saturated carbocycles. The van der Waals surface area contributed by atoms with E-state index in [0.717, 1.165) is 6.42 Å². The molecule has 6 heavy (non-hydrogen) atoms. The van der Waals surface area contributed by atoms with Crippen molar-refractivity contribution in [1.29, 1.82) is 0 Å². The first-order chi connectivity index (χ1) is 2.81. The van der Waals surface area contributed by atoms with Crippen molar-refractivity contribution >= 4 is 11.6 Å². The third-order valence-corrected chi connectivity index (χ3v) is 1.12. The molecular formula is C4H10ClN. The molecule has 1 atom stereocenters. The molecule has 0 aliphatic rings. The van der Waals surface area contributed by atoms with Gasteiger partial charge in [-0.1, -0.05) is 6.92 Å². The van der Waals surface area contributed by atoms with E-state index in [1.54, 1.807) is 0 Å². The standard InChI is InChI=1S/C4H10ClN/c1-2-4(6)3-5/h4H,2-3,6H2,1H3/t4-/m1/s1. The molecule has 0 heterocycles. The summed E-state index contributed by atoms with van der Waals surface area (Å²) in [5.74, 6) is 0.580. The predicted molar refractivity (Wildman–Crippen MR) is 29.0 cm³/mol. The van der Waals surface area contributed by atoms with Crippen molar-refractivity contribution in [1.82, 2.24) is 0 Å². The topological polar surface area (TPSA) is 26.0 Å². The molecule has 0 rings (SSSR count). The lowest BCUT2D eigenvalue weighted by Crippen LogP contribution is -2.19. The molecule has 0 unspecified atom stereocenters. The first-order valence-corrected chi connectivity index (χ1v) is 2.66. The van der Waals surface area contributed by atoms with Gasteiger partial charge in [0.15, 0.2) is 0 Å². The van der Waals surface area contributed by atoms with Crippen molar-refractivity contribution in [3.63, 3.8) is 0 Å². The molecule has 0 aromatic rings. The lowest BCUT2D eigenvalue weighted by atomic mass is 10.3. The Bertz CT molecular complexity index is 26.7. The highest BCUT2D eigenvalue weighted by Gasteiger charge is 1.90. The molecule has 0 aliphatic heterocycles. The minimum absolute atomic E-state index is 0.201. The second-order valence-electron chi connectivity index (χ2n) is 1.32. The fraction of sp³-hybridized carbons (Fsp3) is 1.00. The van der Waals surface area contributed by atoms with E-state index in [9.17, 15) is 0 Å². The van der Waals surface area contributed by atoms with Gasteiger partial charge in [-0.15, -0.1) is 11.6 Å². The van der Waals surface area contributed by atoms with E-state index in [1.807, 2.05) is 6.92 Å². The molecule has 0 fully saturated rings. The van der Waals surface area contributed by atoms with Crippen LogP contribution in [0.5, 0.6) is 0 Å². The Morgan fingerprint density at radius 1 is 1.83 bits per heavy atom. The van der Waals surface area contributed by atoms with Crippen molar-refractivity contribution in [3.05, 3.63) is 0 Å². The lowest BCUT2D eigenvalue weighted by Gasteiger charge is -1.97. The van der Waals surface area contributed by atoms with Crippen LogP contribution in [0.3, 0.4) is 0 Å². The number of nitrogens with two attached hydrogens (primary N) is 1. The van der Waals surface area contributed by atoms with Crippen LogP contribution in [0.2, 0.25) is 0 Å². The maximum Gasteiger partial charge on any atom is 0.0375 e. The fourth-order valence-electron chi connectivity index (χ4n) is 0.109. The molecule has 1 nitrogen and oxygen atoms in total. The summed E-state index contributed by atoms with van der Waals surface area (Å²) in [4.78, 5) is 0. The first-order valence-electron chi connectivity index (χ1n) is 2.12. The van der Waals surface area contributed by atoms with E-state index in [-0.39, 0.29) is 6.04 Å². The zero-order chi connectivity index (χ0) is 4.99. The van der Waals surface area contributed by atoms with E-state index >= 15 is 0 Å². The van der Waals surface area contributed by atoms with E-state index in [4.69, 9.17) is 17.3 Å². The van der Waals surface area contributed by atoms with Gasteiger partial charge in [-0.2, -0.15) is 0 Å². The zero-order valence-corrected chi connectivity index (χ0v) is 4.70. The maximum absolute atomic E-state index is 5.34. The average Bonchev–Trinajstić information content (AvgIpc) is 1.65. The van der Waals surface area contributed by atoms with Crippen LogP contribution in [0.15, 0.2) is 0 Å². The molecule has 2 heteroatoms. The molecule has 0 bridgehead atoms. The van der Waals surface area contributed by atoms with E-state index in [2.05, 4.69) is 0 Å². The van der Waals surface area contributed by atoms with Gasteiger partial charge in [-0.05, 0) is 6.42 Å². The van der Waals surface area contributed by atoms with Crippen LogP contribution in [-0.4, -0.2) is 11.9 Å². The van der Waals surface area contributed by atoms with Crippen LogP contribution in [0.1, 0.15) is 13.3 Å². The maximum atomic E-state index is 5.34. The van der Waals surface area contributed by atoms with E-state index in [1.165, 1.54) is 0 Å². The molecule has 0 aliphatic carbocycles. The summed E-state index contributed by atoms with van der Waals surface area (Å²) >= 11 is 5.33. The monoisotopic (exact) mass is 107 g/mol. The molecule has 0 spiro atoms. The summed E-state index contributed by atoms with van der Waals surface area (Å²) in [5, 5.41) is 0. The molecule has 0 aromatic heterocycles. The number of rotatable bonds is 2. The Morgan fingerprint density at radius 2 is 2.33 bits per heavy atom. The van der Waals surface area contributed by atoms with Gasteiger partial charge < -0.3 is 5.73 Å². The lowest BCUT2D eigenvalue weighted by molar-refractivity contribution is 0.721. The number of hydrogen-bond donors (Lipinski definition) is 1. The van der Waals surface area contributed by atoms with Crippen molar-refractivity contribution in [2.45, 2.75) is 19.4 Å². The molecule has 38 valence electrons. The third kappa shape index (κ3) is 2.49. The Hall–Kier alpha value is 0.250. The predicted octanol–water partition coefficient (Wildman–Crippen LogP) is 0.962. The average molecular weight is 108 g/mol. The van der Waals surface area contributed by atoms with E-state index in [0.29, 0.717) is 5.88 Å². The zero-order valence-electron chi connectivity index (χ0n) is 3.95. The minimum Gasteiger partial charge on any atom is -0.327 e. The summed E-state index contributed by atoms with van der Waals surface area (Å²) in [6, 6.07) is 0.201. The summed E-state index contributed by atoms with van der Waals surface area (Å²) < 4.78 is 0. The SMILES string of the molecule is CC[C@@H](N)CCl. The normalized spacial score (nSPS) is 14.5. The van der Waals surface area contributed by atoms with Gasteiger partial charge in [0.2, 0.25) is 0 Å². The minimum atomic E-state index is 0.201. The van der Waals surface area contributed by atoms with Gasteiger partial charge in [-0.3, -0.25) is 0 Å². The van der Waals surface area contributed by atoms with Crippen LogP contribution in [0.4, 0.5) is 0 Å². The van der Waals surface area contributed by atoms with E-state index < -0.39 is 0 Å². The van der Waals surface area contributed by atoms with Crippen LogP contribution < -0.4 is 5.73 Å². The number of halogens is 1. The number of alkyl halides is 1. The smallest absolute Gasteiger partial charge is 0.0375 e. The van der Waals surface area contributed by atoms with Gasteiger partial charge in [0.1, 0.15) is 0 Å². The van der Waals surface area contributed by atoms with Gasteiger partial charge in [0.25, 0.3) is 0 Å². The van der Waals surface area contributed by atoms with Gasteiger partial charge in [0, 0.05) is 11.9 Å². The first kappa shape index (κ1) is 6.25. The summed E-state index contributed by atoms with van der Waals surface area (Å²) in [7, 11) is 0. The fourth-order valence-corrected chi connectivity index (χ4v) is 0.327. The quantitative estimate of drug-likeness (QED) is 0.523. The van der Waals surface area contributed by atoms with Crippen molar-refractivity contribution in [3.8, 4) is 0 Å². The summed E-state index contributed by atoms with van der Waals surface area (Å²) in [5.41, 5.74) is 5.34. The summed E-state index contributed by atoms with van der Waals surface area (Å²) in [6.07, 6.45) is 0.976. The molecule has 0 aromatic carbocycles. The molecule has 0 radical (unpaired) electrons. The van der Waals surface area contributed by atoms with Crippen molar-refractivity contribution in [2.75, 3.05) is 5.88 Å². The Balaban J connectivity index is 2.75. The summed E-state index contributed by atoms with van der Waals surface area (Å²) in [6.45, 7) is 2.02. The Kier molecular flexibility index (Phi) is 3.58. The highest BCUT2D eigenvalue weighted by atomic mass is 35.5. The van der Waals surface area contributed by atoms with Crippen LogP contribution in [0, 0.1) is 0 Å².